The van der Waals surface area contributed by atoms with Crippen molar-refractivity contribution in [2.45, 2.75) is 13.8 Å². The molecule has 2 aromatic heterocycles. The van der Waals surface area contributed by atoms with E-state index in [1.54, 1.807) is 35.0 Å². The number of carbonyl (C=O) groups excluding carboxylic acids is 1. The Kier molecular flexibility index (Phi) is 5.89. The molecule has 0 saturated carbocycles. The van der Waals surface area contributed by atoms with Crippen LogP contribution in [-0.2, 0) is 0 Å². The maximum atomic E-state index is 13.3. The third-order valence-corrected chi connectivity index (χ3v) is 4.94. The highest BCUT2D eigenvalue weighted by molar-refractivity contribution is 5.94. The summed E-state index contributed by atoms with van der Waals surface area (Å²) >= 11 is 0. The molecule has 1 amide bonds. The van der Waals surface area contributed by atoms with Crippen LogP contribution in [0.5, 0.6) is 5.75 Å². The minimum Gasteiger partial charge on any atom is -0.492 e. The van der Waals surface area contributed by atoms with Gasteiger partial charge in [0.15, 0.2) is 5.76 Å². The van der Waals surface area contributed by atoms with Gasteiger partial charge in [0.2, 0.25) is 0 Å². The smallest absolute Gasteiger partial charge is 0.272 e. The first-order valence-corrected chi connectivity index (χ1v) is 10.2. The van der Waals surface area contributed by atoms with Gasteiger partial charge in [0.25, 0.3) is 5.91 Å². The van der Waals surface area contributed by atoms with Gasteiger partial charge in [-0.05, 0) is 61.4 Å². The van der Waals surface area contributed by atoms with E-state index in [9.17, 15) is 4.79 Å². The van der Waals surface area contributed by atoms with Gasteiger partial charge >= 0.3 is 0 Å². The zero-order valence-electron chi connectivity index (χ0n) is 17.9. The summed E-state index contributed by atoms with van der Waals surface area (Å²) in [5, 5.41) is 4.62. The molecule has 0 aliphatic carbocycles. The summed E-state index contributed by atoms with van der Waals surface area (Å²) in [5.74, 6) is 1.29. The van der Waals surface area contributed by atoms with Crippen LogP contribution in [0, 0.1) is 13.8 Å². The standard InChI is InChI=1S/C25H25N3O3/c1-18-14-19(2)16-21(15-18)30-13-11-27(3)25(29)23-17-22(24-10-7-12-31-24)26-28(23)20-8-5-4-6-9-20/h4-10,12,14-17H,11,13H2,1-3H3. The van der Waals surface area contributed by atoms with E-state index in [4.69, 9.17) is 9.15 Å². The molecule has 2 heterocycles. The number of aryl methyl sites for hydroxylation is 2. The van der Waals surface area contributed by atoms with Gasteiger partial charge in [0.05, 0.1) is 18.5 Å². The highest BCUT2D eigenvalue weighted by Crippen LogP contribution is 2.23. The lowest BCUT2D eigenvalue weighted by Gasteiger charge is -2.18. The molecule has 0 saturated heterocycles. The lowest BCUT2D eigenvalue weighted by molar-refractivity contribution is 0.0764. The maximum absolute atomic E-state index is 13.3. The quantitative estimate of drug-likeness (QED) is 0.431. The van der Waals surface area contributed by atoms with E-state index < -0.39 is 0 Å². The zero-order valence-corrected chi connectivity index (χ0v) is 17.9. The summed E-state index contributed by atoms with van der Waals surface area (Å²) in [5.41, 5.74) is 4.18. The molecule has 0 atom stereocenters. The van der Waals surface area contributed by atoms with Crippen molar-refractivity contribution in [3.05, 3.63) is 89.8 Å². The number of hydrogen-bond donors (Lipinski definition) is 0. The molecular formula is C25H25N3O3. The fraction of sp³-hybridized carbons (Fsp3) is 0.200. The van der Waals surface area contributed by atoms with Crippen molar-refractivity contribution >= 4 is 5.91 Å². The molecule has 0 aliphatic rings. The van der Waals surface area contributed by atoms with Gasteiger partial charge in [-0.25, -0.2) is 4.68 Å². The number of benzene rings is 2. The van der Waals surface area contributed by atoms with E-state index in [0.29, 0.717) is 30.3 Å². The molecule has 0 spiro atoms. The number of ether oxygens (including phenoxy) is 1. The molecule has 0 fully saturated rings. The first-order valence-electron chi connectivity index (χ1n) is 10.2. The van der Waals surface area contributed by atoms with Gasteiger partial charge in [-0.1, -0.05) is 24.3 Å². The highest BCUT2D eigenvalue weighted by atomic mass is 16.5. The van der Waals surface area contributed by atoms with Gasteiger partial charge in [-0.2, -0.15) is 5.10 Å². The Morgan fingerprint density at radius 2 is 1.77 bits per heavy atom. The van der Waals surface area contributed by atoms with Crippen LogP contribution in [0.1, 0.15) is 21.6 Å². The summed E-state index contributed by atoms with van der Waals surface area (Å²) in [7, 11) is 1.77. The van der Waals surface area contributed by atoms with Crippen molar-refractivity contribution in [2.24, 2.45) is 0 Å². The van der Waals surface area contributed by atoms with Gasteiger partial charge in [0, 0.05) is 13.1 Å². The summed E-state index contributed by atoms with van der Waals surface area (Å²) < 4.78 is 13.0. The SMILES string of the molecule is Cc1cc(C)cc(OCCN(C)C(=O)c2cc(-c3ccco3)nn2-c2ccccc2)c1. The molecule has 2 aromatic carbocycles. The molecular weight excluding hydrogens is 390 g/mol. The summed E-state index contributed by atoms with van der Waals surface area (Å²) in [4.78, 5) is 14.9. The van der Waals surface area contributed by atoms with Crippen LogP contribution in [0.15, 0.2) is 77.4 Å². The third kappa shape index (κ3) is 4.69. The van der Waals surface area contributed by atoms with Crippen molar-refractivity contribution in [1.29, 1.82) is 0 Å². The lowest BCUT2D eigenvalue weighted by atomic mass is 10.1. The minimum atomic E-state index is -0.141. The normalized spacial score (nSPS) is 10.8. The molecule has 0 unspecified atom stereocenters. The van der Waals surface area contributed by atoms with Crippen LogP contribution >= 0.6 is 0 Å². The third-order valence-electron chi connectivity index (χ3n) is 4.94. The average molecular weight is 415 g/mol. The van der Waals surface area contributed by atoms with Crippen molar-refractivity contribution in [2.75, 3.05) is 20.2 Å². The van der Waals surface area contributed by atoms with Gasteiger partial charge < -0.3 is 14.1 Å². The highest BCUT2D eigenvalue weighted by Gasteiger charge is 2.21. The summed E-state index contributed by atoms with van der Waals surface area (Å²) in [6.07, 6.45) is 1.59. The second kappa shape index (κ2) is 8.92. The number of furan rings is 1. The number of amides is 1. The fourth-order valence-electron chi connectivity index (χ4n) is 3.46. The van der Waals surface area contributed by atoms with E-state index in [1.165, 1.54) is 0 Å². The molecule has 6 heteroatoms. The zero-order chi connectivity index (χ0) is 21.8. The largest absolute Gasteiger partial charge is 0.492 e. The summed E-state index contributed by atoms with van der Waals surface area (Å²) in [6.45, 7) is 4.92. The molecule has 0 radical (unpaired) electrons. The lowest BCUT2D eigenvalue weighted by Crippen LogP contribution is -2.32. The Labute approximate surface area is 181 Å². The number of carbonyl (C=O) groups is 1. The molecule has 0 N–H and O–H groups in total. The van der Waals surface area contributed by atoms with Crippen LogP contribution in [0.3, 0.4) is 0 Å². The van der Waals surface area contributed by atoms with Crippen molar-refractivity contribution in [3.8, 4) is 22.9 Å². The number of hydrogen-bond acceptors (Lipinski definition) is 4. The van der Waals surface area contributed by atoms with Gasteiger partial charge in [-0.15, -0.1) is 0 Å². The monoisotopic (exact) mass is 415 g/mol. The number of nitrogens with zero attached hydrogens (tertiary/aromatic N) is 3. The average Bonchev–Trinajstić information content (AvgIpc) is 3.43. The second-order valence-corrected chi connectivity index (χ2v) is 7.54. The maximum Gasteiger partial charge on any atom is 0.272 e. The van der Waals surface area contributed by atoms with Crippen LogP contribution in [-0.4, -0.2) is 40.8 Å². The van der Waals surface area contributed by atoms with Crippen LogP contribution in [0.25, 0.3) is 17.1 Å². The molecule has 31 heavy (non-hydrogen) atoms. The summed E-state index contributed by atoms with van der Waals surface area (Å²) in [6, 6.07) is 21.1. The molecule has 4 aromatic rings. The Balaban J connectivity index is 1.52. The Hall–Kier alpha value is -3.80. The van der Waals surface area contributed by atoms with Gasteiger partial charge in [-0.3, -0.25) is 4.79 Å². The minimum absolute atomic E-state index is 0.141. The first kappa shape index (κ1) is 20.5. The van der Waals surface area contributed by atoms with Crippen LogP contribution < -0.4 is 4.74 Å². The van der Waals surface area contributed by atoms with Crippen LogP contribution in [0.2, 0.25) is 0 Å². The van der Waals surface area contributed by atoms with E-state index in [2.05, 4.69) is 11.2 Å². The molecule has 4 rings (SSSR count). The predicted molar refractivity (Wildman–Crippen MR) is 120 cm³/mol. The van der Waals surface area contributed by atoms with Crippen molar-refractivity contribution in [1.82, 2.24) is 14.7 Å². The Morgan fingerprint density at radius 3 is 2.45 bits per heavy atom. The number of rotatable bonds is 7. The van der Waals surface area contributed by atoms with Crippen LogP contribution in [0.4, 0.5) is 0 Å². The molecule has 6 nitrogen and oxygen atoms in total. The number of aromatic nitrogens is 2. The topological polar surface area (TPSA) is 60.5 Å². The second-order valence-electron chi connectivity index (χ2n) is 7.54. The molecule has 0 bridgehead atoms. The van der Waals surface area contributed by atoms with Crippen molar-refractivity contribution < 1.29 is 13.9 Å². The van der Waals surface area contributed by atoms with E-state index in [1.807, 2.05) is 62.4 Å². The Morgan fingerprint density at radius 1 is 1.03 bits per heavy atom. The van der Waals surface area contributed by atoms with Crippen molar-refractivity contribution in [3.63, 3.8) is 0 Å². The van der Waals surface area contributed by atoms with E-state index in [-0.39, 0.29) is 5.91 Å². The molecule has 0 aliphatic heterocycles. The fourth-order valence-corrected chi connectivity index (χ4v) is 3.46. The molecule has 158 valence electrons. The first-order chi connectivity index (χ1) is 15.0. The van der Waals surface area contributed by atoms with E-state index >= 15 is 0 Å². The number of para-hydroxylation sites is 1. The predicted octanol–water partition coefficient (Wildman–Crippen LogP) is 4.90. The number of likely N-dealkylation sites (N-methyl/N-ethyl adjacent to an activating group) is 1. The van der Waals surface area contributed by atoms with Gasteiger partial charge in [0.1, 0.15) is 23.7 Å². The Bertz CT molecular complexity index is 1140. The van der Waals surface area contributed by atoms with E-state index in [0.717, 1.165) is 22.6 Å².